The Kier molecular flexibility index (Phi) is 4.31. The molecule has 0 aliphatic rings. The van der Waals surface area contributed by atoms with E-state index in [4.69, 9.17) is 16.3 Å². The van der Waals surface area contributed by atoms with Gasteiger partial charge in [-0.1, -0.05) is 27.5 Å². The summed E-state index contributed by atoms with van der Waals surface area (Å²) >= 11 is 8.78. The van der Waals surface area contributed by atoms with Gasteiger partial charge in [0, 0.05) is 10.5 Å². The fourth-order valence-electron chi connectivity index (χ4n) is 1.33. The summed E-state index contributed by atoms with van der Waals surface area (Å²) in [5, 5.41) is -0.217. The molecule has 0 N–H and O–H groups in total. The van der Waals surface area contributed by atoms with Crippen LogP contribution < -0.4 is 4.74 Å². The summed E-state index contributed by atoms with van der Waals surface area (Å²) in [4.78, 5) is 3.54. The predicted octanol–water partition coefficient (Wildman–Crippen LogP) is 4.49. The maximum atomic E-state index is 13.3. The number of aromatic nitrogens is 1. The maximum Gasteiger partial charge on any atom is 0.151 e. The Labute approximate surface area is 120 Å². The summed E-state index contributed by atoms with van der Waals surface area (Å²) in [7, 11) is 0. The molecule has 0 amide bonds. The third-order valence-electron chi connectivity index (χ3n) is 2.21. The van der Waals surface area contributed by atoms with Crippen LogP contribution in [-0.2, 0) is 6.61 Å². The minimum Gasteiger partial charge on any atom is -0.485 e. The maximum absolute atomic E-state index is 13.3. The molecule has 1 aromatic heterocycles. The van der Waals surface area contributed by atoms with E-state index in [2.05, 4.69) is 20.9 Å². The van der Waals surface area contributed by atoms with E-state index >= 15 is 0 Å². The largest absolute Gasteiger partial charge is 0.485 e. The van der Waals surface area contributed by atoms with Gasteiger partial charge < -0.3 is 4.74 Å². The van der Waals surface area contributed by atoms with Crippen LogP contribution in [0.4, 0.5) is 13.2 Å². The second-order valence-corrected chi connectivity index (χ2v) is 4.86. The molecule has 0 fully saturated rings. The SMILES string of the molecule is Fc1cnc(COc2cc(Br)cc(F)c2Cl)c(F)c1. The number of benzene rings is 1. The standard InChI is InChI=1S/C12H6BrClF3NO/c13-6-1-9(17)12(14)11(2-6)19-5-10-8(16)3-7(15)4-18-10/h1-4H,5H2. The number of hydrogen-bond donors (Lipinski definition) is 0. The van der Waals surface area contributed by atoms with Crippen LogP contribution >= 0.6 is 27.5 Å². The second kappa shape index (κ2) is 5.79. The van der Waals surface area contributed by atoms with Crippen molar-refractivity contribution >= 4 is 27.5 Å². The van der Waals surface area contributed by atoms with Gasteiger partial charge in [-0.3, -0.25) is 4.98 Å². The van der Waals surface area contributed by atoms with Gasteiger partial charge in [-0.25, -0.2) is 13.2 Å². The Hall–Kier alpha value is -1.27. The van der Waals surface area contributed by atoms with Crippen LogP contribution in [-0.4, -0.2) is 4.98 Å². The highest BCUT2D eigenvalue weighted by Crippen LogP contribution is 2.31. The van der Waals surface area contributed by atoms with Gasteiger partial charge in [-0.2, -0.15) is 0 Å². The van der Waals surface area contributed by atoms with E-state index in [9.17, 15) is 13.2 Å². The molecule has 0 aliphatic carbocycles. The molecule has 0 unspecified atom stereocenters. The molecule has 7 heteroatoms. The highest BCUT2D eigenvalue weighted by Gasteiger charge is 2.12. The van der Waals surface area contributed by atoms with E-state index in [1.165, 1.54) is 12.1 Å². The number of halogens is 5. The average molecular weight is 353 g/mol. The monoisotopic (exact) mass is 351 g/mol. The van der Waals surface area contributed by atoms with Gasteiger partial charge in [-0.15, -0.1) is 0 Å². The number of rotatable bonds is 3. The normalized spacial score (nSPS) is 10.6. The van der Waals surface area contributed by atoms with Gasteiger partial charge in [-0.05, 0) is 12.1 Å². The zero-order valence-electron chi connectivity index (χ0n) is 9.26. The van der Waals surface area contributed by atoms with Crippen LogP contribution in [0.3, 0.4) is 0 Å². The van der Waals surface area contributed by atoms with Gasteiger partial charge in [0.05, 0.1) is 6.20 Å². The lowest BCUT2D eigenvalue weighted by molar-refractivity contribution is 0.292. The summed E-state index contributed by atoms with van der Waals surface area (Å²) in [5.41, 5.74) is -0.0992. The van der Waals surface area contributed by atoms with Gasteiger partial charge in [0.15, 0.2) is 5.82 Å². The molecule has 2 rings (SSSR count). The third-order valence-corrected chi connectivity index (χ3v) is 3.03. The van der Waals surface area contributed by atoms with Crippen LogP contribution in [0.2, 0.25) is 5.02 Å². The van der Waals surface area contributed by atoms with Crippen molar-refractivity contribution in [2.45, 2.75) is 6.61 Å². The fourth-order valence-corrected chi connectivity index (χ4v) is 1.91. The molecule has 2 nitrogen and oxygen atoms in total. The van der Waals surface area contributed by atoms with Crippen molar-refractivity contribution in [1.82, 2.24) is 4.98 Å². The lowest BCUT2D eigenvalue weighted by atomic mass is 10.3. The minimum absolute atomic E-state index is 0.0408. The van der Waals surface area contributed by atoms with E-state index in [1.807, 2.05) is 0 Å². The molecule has 1 heterocycles. The van der Waals surface area contributed by atoms with E-state index in [0.29, 0.717) is 10.5 Å². The number of hydrogen-bond acceptors (Lipinski definition) is 2. The Morgan fingerprint density at radius 1 is 1.16 bits per heavy atom. The Balaban J connectivity index is 2.19. The molecule has 0 bridgehead atoms. The van der Waals surface area contributed by atoms with Gasteiger partial charge in [0.1, 0.15) is 34.7 Å². The molecule has 1 aromatic carbocycles. The summed E-state index contributed by atoms with van der Waals surface area (Å²) in [5.74, 6) is -2.25. The third kappa shape index (κ3) is 3.39. The molecule has 19 heavy (non-hydrogen) atoms. The highest BCUT2D eigenvalue weighted by molar-refractivity contribution is 9.10. The summed E-state index contributed by atoms with van der Waals surface area (Å²) in [6, 6.07) is 3.30. The molecule has 100 valence electrons. The first-order valence-corrected chi connectivity index (χ1v) is 6.21. The Bertz CT molecular complexity index is 624. The molecule has 0 radical (unpaired) electrons. The Morgan fingerprint density at radius 3 is 2.58 bits per heavy atom. The topological polar surface area (TPSA) is 22.1 Å². The minimum atomic E-state index is -0.841. The lowest BCUT2D eigenvalue weighted by Gasteiger charge is -2.09. The van der Waals surface area contributed by atoms with Crippen molar-refractivity contribution in [1.29, 1.82) is 0 Å². The van der Waals surface area contributed by atoms with E-state index in [1.54, 1.807) is 0 Å². The second-order valence-electron chi connectivity index (χ2n) is 3.57. The molecule has 0 atom stereocenters. The van der Waals surface area contributed by atoms with E-state index in [0.717, 1.165) is 6.20 Å². The van der Waals surface area contributed by atoms with Crippen LogP contribution in [0.1, 0.15) is 5.69 Å². The van der Waals surface area contributed by atoms with Crippen LogP contribution in [0.15, 0.2) is 28.9 Å². The summed E-state index contributed by atoms with van der Waals surface area (Å²) < 4.78 is 44.9. The number of ether oxygens (including phenoxy) is 1. The van der Waals surface area contributed by atoms with E-state index in [-0.39, 0.29) is 23.1 Å². The zero-order chi connectivity index (χ0) is 14.0. The van der Waals surface area contributed by atoms with Gasteiger partial charge in [0.25, 0.3) is 0 Å². The lowest BCUT2D eigenvalue weighted by Crippen LogP contribution is -2.03. The summed E-state index contributed by atoms with van der Waals surface area (Å²) in [6.45, 7) is -0.290. The van der Waals surface area contributed by atoms with E-state index < -0.39 is 17.5 Å². The fraction of sp³-hybridized carbons (Fsp3) is 0.0833. The zero-order valence-corrected chi connectivity index (χ0v) is 11.6. The quantitative estimate of drug-likeness (QED) is 0.759. The highest BCUT2D eigenvalue weighted by atomic mass is 79.9. The molecule has 0 spiro atoms. The summed E-state index contributed by atoms with van der Waals surface area (Å²) in [6.07, 6.45) is 0.866. The smallest absolute Gasteiger partial charge is 0.151 e. The first kappa shape index (κ1) is 14.1. The van der Waals surface area contributed by atoms with Crippen LogP contribution in [0, 0.1) is 17.5 Å². The number of pyridine rings is 1. The molecule has 0 saturated carbocycles. The first-order valence-electron chi connectivity index (χ1n) is 5.04. The predicted molar refractivity (Wildman–Crippen MR) is 67.6 cm³/mol. The average Bonchev–Trinajstić information content (AvgIpc) is 2.33. The van der Waals surface area contributed by atoms with Crippen LogP contribution in [0.25, 0.3) is 0 Å². The molecule has 0 aliphatic heterocycles. The van der Waals surface area contributed by atoms with Crippen molar-refractivity contribution in [3.63, 3.8) is 0 Å². The molecule has 0 saturated heterocycles. The molecular formula is C12H6BrClF3NO. The van der Waals surface area contributed by atoms with Crippen molar-refractivity contribution in [2.24, 2.45) is 0 Å². The first-order chi connectivity index (χ1) is 8.97. The number of nitrogens with zero attached hydrogens (tertiary/aromatic N) is 1. The molecular weight excluding hydrogens is 346 g/mol. The van der Waals surface area contributed by atoms with Gasteiger partial charge in [0.2, 0.25) is 0 Å². The van der Waals surface area contributed by atoms with Crippen molar-refractivity contribution in [3.8, 4) is 5.75 Å². The van der Waals surface area contributed by atoms with Crippen molar-refractivity contribution < 1.29 is 17.9 Å². The van der Waals surface area contributed by atoms with Crippen molar-refractivity contribution in [2.75, 3.05) is 0 Å². The Morgan fingerprint density at radius 2 is 1.89 bits per heavy atom. The van der Waals surface area contributed by atoms with Crippen molar-refractivity contribution in [3.05, 3.63) is 57.0 Å². The van der Waals surface area contributed by atoms with Crippen LogP contribution in [0.5, 0.6) is 5.75 Å². The van der Waals surface area contributed by atoms with Gasteiger partial charge >= 0.3 is 0 Å². The molecule has 2 aromatic rings.